The maximum Gasteiger partial charge on any atom is 0.356 e. The van der Waals surface area contributed by atoms with E-state index in [1.54, 1.807) is 0 Å². The zero-order valence-corrected chi connectivity index (χ0v) is 9.42. The van der Waals surface area contributed by atoms with E-state index >= 15 is 0 Å². The van der Waals surface area contributed by atoms with Gasteiger partial charge in [0.15, 0.2) is 0 Å². The third-order valence-corrected chi connectivity index (χ3v) is 2.35. The zero-order valence-electron chi connectivity index (χ0n) is 9.42. The number of para-hydroxylation sites is 1. The van der Waals surface area contributed by atoms with Crippen LogP contribution < -0.4 is 17.0 Å². The molecule has 0 radical (unpaired) electrons. The van der Waals surface area contributed by atoms with Crippen molar-refractivity contribution in [1.29, 1.82) is 0 Å². The lowest BCUT2D eigenvalue weighted by Crippen LogP contribution is -2.28. The highest BCUT2D eigenvalue weighted by molar-refractivity contribution is 5.33. The van der Waals surface area contributed by atoms with Crippen LogP contribution >= 0.6 is 0 Å². The summed E-state index contributed by atoms with van der Waals surface area (Å²) >= 11 is 0. The molecule has 2 aromatic rings. The third-order valence-electron chi connectivity index (χ3n) is 2.35. The second-order valence-electron chi connectivity index (χ2n) is 3.41. The molecule has 6 nitrogen and oxygen atoms in total. The van der Waals surface area contributed by atoms with Gasteiger partial charge in [-0.3, -0.25) is 5.43 Å². The quantitative estimate of drug-likeness (QED) is 0.592. The van der Waals surface area contributed by atoms with Crippen LogP contribution in [0.5, 0.6) is 0 Å². The van der Waals surface area contributed by atoms with Gasteiger partial charge in [-0.25, -0.2) is 15.2 Å². The van der Waals surface area contributed by atoms with Crippen LogP contribution in [0.15, 0.2) is 35.1 Å². The molecule has 0 amide bonds. The number of nitrogens with two attached hydrogens (primary N) is 1. The Bertz CT molecular complexity index is 564. The molecule has 0 saturated carbocycles. The summed E-state index contributed by atoms with van der Waals surface area (Å²) in [7, 11) is 0. The van der Waals surface area contributed by atoms with Gasteiger partial charge in [0.1, 0.15) is 5.82 Å². The Morgan fingerprint density at radius 1 is 1.29 bits per heavy atom. The average Bonchev–Trinajstić information content (AvgIpc) is 2.38. The number of rotatable bonds is 3. The second-order valence-corrected chi connectivity index (χ2v) is 3.41. The van der Waals surface area contributed by atoms with Crippen molar-refractivity contribution < 1.29 is 0 Å². The molecule has 1 aromatic carbocycles. The van der Waals surface area contributed by atoms with Crippen LogP contribution in [0.4, 0.5) is 5.95 Å². The minimum Gasteiger partial charge on any atom is -0.292 e. The zero-order chi connectivity index (χ0) is 12.3. The van der Waals surface area contributed by atoms with E-state index in [1.807, 2.05) is 37.3 Å². The lowest BCUT2D eigenvalue weighted by Gasteiger charge is -2.10. The molecule has 0 aliphatic rings. The van der Waals surface area contributed by atoms with Crippen molar-refractivity contribution in [2.24, 2.45) is 5.84 Å². The van der Waals surface area contributed by atoms with Crippen LogP contribution in [-0.2, 0) is 6.42 Å². The summed E-state index contributed by atoms with van der Waals surface area (Å²) in [5.74, 6) is 5.96. The number of anilines is 1. The van der Waals surface area contributed by atoms with Crippen molar-refractivity contribution in [3.05, 3.63) is 46.6 Å². The fraction of sp³-hybridized carbons (Fsp3) is 0.182. The monoisotopic (exact) mass is 231 g/mol. The molecular weight excluding hydrogens is 218 g/mol. The predicted molar refractivity (Wildman–Crippen MR) is 64.8 cm³/mol. The Balaban J connectivity index is 2.65. The van der Waals surface area contributed by atoms with Gasteiger partial charge in [0.05, 0.1) is 5.69 Å². The Morgan fingerprint density at radius 2 is 2.00 bits per heavy atom. The molecule has 0 fully saturated rings. The first-order valence-electron chi connectivity index (χ1n) is 5.28. The van der Waals surface area contributed by atoms with Gasteiger partial charge in [0, 0.05) is 6.42 Å². The molecule has 17 heavy (non-hydrogen) atoms. The molecule has 2 rings (SSSR count). The van der Waals surface area contributed by atoms with Gasteiger partial charge in [-0.05, 0) is 12.1 Å². The number of aromatic nitrogens is 3. The van der Waals surface area contributed by atoms with E-state index in [9.17, 15) is 4.79 Å². The molecule has 3 N–H and O–H groups in total. The molecule has 1 heterocycles. The molecular formula is C11H13N5O. The van der Waals surface area contributed by atoms with E-state index < -0.39 is 5.69 Å². The van der Waals surface area contributed by atoms with Crippen molar-refractivity contribution in [1.82, 2.24) is 14.5 Å². The van der Waals surface area contributed by atoms with Crippen molar-refractivity contribution in [2.45, 2.75) is 13.3 Å². The van der Waals surface area contributed by atoms with Crippen LogP contribution in [0.2, 0.25) is 0 Å². The normalized spacial score (nSPS) is 10.2. The minimum atomic E-state index is -0.393. The minimum absolute atomic E-state index is 0.138. The summed E-state index contributed by atoms with van der Waals surface area (Å²) in [6, 6.07) is 9.27. The maximum atomic E-state index is 11.9. The molecule has 0 bridgehead atoms. The van der Waals surface area contributed by atoms with Crippen molar-refractivity contribution in [3.63, 3.8) is 0 Å². The molecule has 0 atom stereocenters. The van der Waals surface area contributed by atoms with Crippen LogP contribution in [0.25, 0.3) is 5.69 Å². The van der Waals surface area contributed by atoms with Crippen LogP contribution in [0.1, 0.15) is 12.7 Å². The summed E-state index contributed by atoms with van der Waals surface area (Å²) in [5.41, 5.74) is 2.64. The summed E-state index contributed by atoms with van der Waals surface area (Å²) in [6.07, 6.45) is 0.612. The van der Waals surface area contributed by atoms with Crippen molar-refractivity contribution >= 4 is 5.95 Å². The molecule has 0 saturated heterocycles. The first-order valence-corrected chi connectivity index (χ1v) is 5.28. The Hall–Kier alpha value is -2.21. The highest BCUT2D eigenvalue weighted by Crippen LogP contribution is 2.07. The smallest absolute Gasteiger partial charge is 0.292 e. The number of hydrogen-bond donors (Lipinski definition) is 2. The molecule has 88 valence electrons. The van der Waals surface area contributed by atoms with Crippen LogP contribution in [-0.4, -0.2) is 14.5 Å². The van der Waals surface area contributed by atoms with E-state index in [0.29, 0.717) is 12.2 Å². The number of aryl methyl sites for hydroxylation is 1. The van der Waals surface area contributed by atoms with Crippen molar-refractivity contribution in [2.75, 3.05) is 5.43 Å². The lowest BCUT2D eigenvalue weighted by molar-refractivity contribution is 0.770. The number of nitrogens with one attached hydrogen (secondary N) is 1. The Kier molecular flexibility index (Phi) is 3.15. The Morgan fingerprint density at radius 3 is 2.59 bits per heavy atom. The van der Waals surface area contributed by atoms with Gasteiger partial charge in [-0.15, -0.1) is 0 Å². The largest absolute Gasteiger partial charge is 0.356 e. The van der Waals surface area contributed by atoms with Gasteiger partial charge in [-0.2, -0.15) is 9.97 Å². The third kappa shape index (κ3) is 2.16. The number of hydrogen-bond acceptors (Lipinski definition) is 5. The van der Waals surface area contributed by atoms with Crippen LogP contribution in [0.3, 0.4) is 0 Å². The van der Waals surface area contributed by atoms with E-state index in [2.05, 4.69) is 15.4 Å². The molecule has 6 heteroatoms. The van der Waals surface area contributed by atoms with E-state index in [-0.39, 0.29) is 5.95 Å². The van der Waals surface area contributed by atoms with E-state index in [1.165, 1.54) is 4.57 Å². The topological polar surface area (TPSA) is 85.8 Å². The fourth-order valence-electron chi connectivity index (χ4n) is 1.59. The highest BCUT2D eigenvalue weighted by Gasteiger charge is 2.09. The summed E-state index contributed by atoms with van der Waals surface area (Å²) < 4.78 is 1.47. The average molecular weight is 231 g/mol. The number of nitrogens with zero attached hydrogens (tertiary/aromatic N) is 3. The SMILES string of the molecule is CCc1nc(NN)nc(=O)n1-c1ccccc1. The molecule has 0 unspecified atom stereocenters. The van der Waals surface area contributed by atoms with Crippen molar-refractivity contribution in [3.8, 4) is 5.69 Å². The number of nitrogen functional groups attached to an aromatic ring is 1. The molecule has 0 spiro atoms. The lowest BCUT2D eigenvalue weighted by atomic mass is 10.3. The molecule has 0 aliphatic carbocycles. The van der Waals surface area contributed by atoms with Gasteiger partial charge in [0.2, 0.25) is 5.95 Å². The first-order chi connectivity index (χ1) is 8.26. The van der Waals surface area contributed by atoms with Gasteiger partial charge in [-0.1, -0.05) is 25.1 Å². The molecule has 1 aromatic heterocycles. The Labute approximate surface area is 98.1 Å². The summed E-state index contributed by atoms with van der Waals surface area (Å²) in [4.78, 5) is 19.8. The maximum absolute atomic E-state index is 11.9. The standard InChI is InChI=1S/C11H13N5O/c1-2-9-13-10(15-12)14-11(17)16(9)8-6-4-3-5-7-8/h3-7H,2,12H2,1H3,(H,14,15,17). The van der Waals surface area contributed by atoms with E-state index in [0.717, 1.165) is 5.69 Å². The first kappa shape index (κ1) is 11.3. The molecule has 0 aliphatic heterocycles. The highest BCUT2D eigenvalue weighted by atomic mass is 16.1. The van der Waals surface area contributed by atoms with Gasteiger partial charge < -0.3 is 0 Å². The van der Waals surface area contributed by atoms with Gasteiger partial charge >= 0.3 is 5.69 Å². The number of hydrazine groups is 1. The van der Waals surface area contributed by atoms with Gasteiger partial charge in [0.25, 0.3) is 0 Å². The summed E-state index contributed by atoms with van der Waals surface area (Å²) in [5, 5.41) is 0. The van der Waals surface area contributed by atoms with E-state index in [4.69, 9.17) is 5.84 Å². The van der Waals surface area contributed by atoms with Crippen LogP contribution in [0, 0.1) is 0 Å². The predicted octanol–water partition coefficient (Wildman–Crippen LogP) is 0.475. The number of benzene rings is 1. The second kappa shape index (κ2) is 4.75. The summed E-state index contributed by atoms with van der Waals surface area (Å²) in [6.45, 7) is 1.92. The fourth-order valence-corrected chi connectivity index (χ4v) is 1.59.